The van der Waals surface area contributed by atoms with Gasteiger partial charge in [0.05, 0.1) is 13.3 Å². The quantitative estimate of drug-likeness (QED) is 0.680. The molecule has 0 atom stereocenters. The maximum atomic E-state index is 11.7. The first-order chi connectivity index (χ1) is 9.67. The summed E-state index contributed by atoms with van der Waals surface area (Å²) in [6.07, 6.45) is 3.01. The Kier molecular flexibility index (Phi) is 4.37. The summed E-state index contributed by atoms with van der Waals surface area (Å²) in [5.74, 6) is 0.527. The highest BCUT2D eigenvalue weighted by Crippen LogP contribution is 2.27. The summed E-state index contributed by atoms with van der Waals surface area (Å²) >= 11 is 0.933. The lowest BCUT2D eigenvalue weighted by atomic mass is 10.3. The molecule has 0 fully saturated rings. The highest BCUT2D eigenvalue weighted by Gasteiger charge is 2.11. The number of ether oxygens (including phenoxy) is 1. The van der Waals surface area contributed by atoms with Gasteiger partial charge in [-0.3, -0.25) is 14.4 Å². The molecule has 0 aliphatic rings. The highest BCUT2D eigenvalue weighted by molar-refractivity contribution is 7.11. The summed E-state index contributed by atoms with van der Waals surface area (Å²) in [5, 5.41) is 9.95. The molecule has 0 saturated heterocycles. The van der Waals surface area contributed by atoms with E-state index in [4.69, 9.17) is 4.74 Å². The van der Waals surface area contributed by atoms with Crippen molar-refractivity contribution in [2.45, 2.75) is 6.54 Å². The van der Waals surface area contributed by atoms with E-state index in [0.717, 1.165) is 11.3 Å². The van der Waals surface area contributed by atoms with Crippen molar-refractivity contribution in [3.8, 4) is 11.6 Å². The number of aromatic nitrogens is 1. The standard InChI is InChI=1S/C14H14N2O3S/c1-3-8-16-13(17)12(20-14(16)18)9-15-10-6-4-5-7-11(10)19-2/h3-7,9,17H,1,8H2,2H3. The number of benzene rings is 1. The molecule has 0 bridgehead atoms. The Balaban J connectivity index is 2.35. The SMILES string of the molecule is C=CCn1c(O)c(C=Nc2ccccc2OC)sc1=O. The van der Waals surface area contributed by atoms with Gasteiger partial charge in [-0.15, -0.1) is 6.58 Å². The van der Waals surface area contributed by atoms with E-state index in [0.29, 0.717) is 16.3 Å². The summed E-state index contributed by atoms with van der Waals surface area (Å²) in [6.45, 7) is 3.81. The Morgan fingerprint density at radius 1 is 1.50 bits per heavy atom. The van der Waals surface area contributed by atoms with E-state index >= 15 is 0 Å². The van der Waals surface area contributed by atoms with Gasteiger partial charge in [-0.25, -0.2) is 0 Å². The van der Waals surface area contributed by atoms with Gasteiger partial charge in [-0.05, 0) is 12.1 Å². The number of nitrogens with zero attached hydrogens (tertiary/aromatic N) is 2. The zero-order chi connectivity index (χ0) is 14.5. The molecule has 20 heavy (non-hydrogen) atoms. The van der Waals surface area contributed by atoms with E-state index in [2.05, 4.69) is 11.6 Å². The van der Waals surface area contributed by atoms with Crippen LogP contribution in [-0.4, -0.2) is 23.0 Å². The molecule has 6 heteroatoms. The topological polar surface area (TPSA) is 63.8 Å². The number of thiazole rings is 1. The van der Waals surface area contributed by atoms with Gasteiger partial charge in [-0.1, -0.05) is 29.5 Å². The van der Waals surface area contributed by atoms with Crippen LogP contribution in [0.2, 0.25) is 0 Å². The number of allylic oxidation sites excluding steroid dienone is 1. The van der Waals surface area contributed by atoms with Crippen LogP contribution in [0.3, 0.4) is 0 Å². The van der Waals surface area contributed by atoms with Crippen LogP contribution in [0.15, 0.2) is 46.7 Å². The predicted octanol–water partition coefficient (Wildman–Crippen LogP) is 2.56. The summed E-state index contributed by atoms with van der Waals surface area (Å²) in [6, 6.07) is 7.25. The number of hydrogen-bond donors (Lipinski definition) is 1. The van der Waals surface area contributed by atoms with Gasteiger partial charge < -0.3 is 9.84 Å². The lowest BCUT2D eigenvalue weighted by molar-refractivity contribution is 0.416. The fraction of sp³-hybridized carbons (Fsp3) is 0.143. The lowest BCUT2D eigenvalue weighted by Gasteiger charge is -2.02. The molecule has 0 aliphatic heterocycles. The molecule has 0 aliphatic carbocycles. The van der Waals surface area contributed by atoms with Crippen molar-refractivity contribution >= 4 is 23.2 Å². The second kappa shape index (κ2) is 6.21. The second-order valence-electron chi connectivity index (χ2n) is 3.89. The molecule has 0 radical (unpaired) electrons. The monoisotopic (exact) mass is 290 g/mol. The molecule has 104 valence electrons. The fourth-order valence-corrected chi connectivity index (χ4v) is 2.42. The summed E-state index contributed by atoms with van der Waals surface area (Å²) in [5.41, 5.74) is 0.630. The molecule has 0 spiro atoms. The number of hydrogen-bond acceptors (Lipinski definition) is 5. The summed E-state index contributed by atoms with van der Waals surface area (Å²) in [4.78, 5) is 16.1. The van der Waals surface area contributed by atoms with E-state index in [1.807, 2.05) is 12.1 Å². The molecular formula is C14H14N2O3S. The molecule has 1 aromatic heterocycles. The van der Waals surface area contributed by atoms with Crippen LogP contribution in [0, 0.1) is 0 Å². The van der Waals surface area contributed by atoms with Crippen LogP contribution in [0.5, 0.6) is 11.6 Å². The normalized spacial score (nSPS) is 10.8. The average Bonchev–Trinajstić information content (AvgIpc) is 2.73. The number of para-hydroxylation sites is 2. The average molecular weight is 290 g/mol. The van der Waals surface area contributed by atoms with Gasteiger partial charge in [0.15, 0.2) is 0 Å². The van der Waals surface area contributed by atoms with Crippen LogP contribution < -0.4 is 9.61 Å². The van der Waals surface area contributed by atoms with Crippen molar-refractivity contribution in [3.05, 3.63) is 51.5 Å². The molecule has 5 nitrogen and oxygen atoms in total. The third kappa shape index (κ3) is 2.80. The van der Waals surface area contributed by atoms with Gasteiger partial charge in [0.1, 0.15) is 16.3 Å². The zero-order valence-electron chi connectivity index (χ0n) is 10.9. The molecular weight excluding hydrogens is 276 g/mol. The molecule has 2 rings (SSSR count). The van der Waals surface area contributed by atoms with Crippen LogP contribution in [0.4, 0.5) is 5.69 Å². The highest BCUT2D eigenvalue weighted by atomic mass is 32.1. The smallest absolute Gasteiger partial charge is 0.310 e. The van der Waals surface area contributed by atoms with Gasteiger partial charge in [0.2, 0.25) is 5.88 Å². The maximum Gasteiger partial charge on any atom is 0.310 e. The fourth-order valence-electron chi connectivity index (χ4n) is 1.65. The van der Waals surface area contributed by atoms with E-state index in [9.17, 15) is 9.90 Å². The molecule has 1 aromatic carbocycles. The number of aliphatic imine (C=N–C) groups is 1. The Hall–Kier alpha value is -2.34. The van der Waals surface area contributed by atoms with Crippen molar-refractivity contribution in [3.63, 3.8) is 0 Å². The Bertz CT molecular complexity index is 701. The largest absolute Gasteiger partial charge is 0.494 e. The Labute approximate surface area is 120 Å². The Morgan fingerprint density at radius 3 is 2.95 bits per heavy atom. The molecule has 0 amide bonds. The summed E-state index contributed by atoms with van der Waals surface area (Å²) < 4.78 is 6.42. The maximum absolute atomic E-state index is 11.7. The zero-order valence-corrected chi connectivity index (χ0v) is 11.8. The third-order valence-corrected chi connectivity index (χ3v) is 3.51. The van der Waals surface area contributed by atoms with Crippen LogP contribution in [0.1, 0.15) is 4.88 Å². The molecule has 1 heterocycles. The number of rotatable bonds is 5. The van der Waals surface area contributed by atoms with Crippen molar-refractivity contribution < 1.29 is 9.84 Å². The molecule has 1 N–H and O–H groups in total. The van der Waals surface area contributed by atoms with E-state index < -0.39 is 0 Å². The molecule has 0 unspecified atom stereocenters. The molecule has 2 aromatic rings. The van der Waals surface area contributed by atoms with Gasteiger partial charge in [0.25, 0.3) is 0 Å². The van der Waals surface area contributed by atoms with E-state index in [1.165, 1.54) is 10.8 Å². The van der Waals surface area contributed by atoms with Crippen molar-refractivity contribution in [1.29, 1.82) is 0 Å². The third-order valence-electron chi connectivity index (χ3n) is 2.61. The Morgan fingerprint density at radius 2 is 2.25 bits per heavy atom. The van der Waals surface area contributed by atoms with E-state index in [1.54, 1.807) is 25.3 Å². The van der Waals surface area contributed by atoms with Crippen LogP contribution in [0.25, 0.3) is 0 Å². The minimum atomic E-state index is -0.246. The van der Waals surface area contributed by atoms with Crippen LogP contribution >= 0.6 is 11.3 Å². The van der Waals surface area contributed by atoms with Crippen molar-refractivity contribution in [2.75, 3.05) is 7.11 Å². The van der Waals surface area contributed by atoms with Crippen molar-refractivity contribution in [1.82, 2.24) is 4.57 Å². The number of methoxy groups -OCH3 is 1. The number of aromatic hydroxyl groups is 1. The van der Waals surface area contributed by atoms with Gasteiger partial charge in [-0.2, -0.15) is 0 Å². The lowest BCUT2D eigenvalue weighted by Crippen LogP contribution is -2.10. The first-order valence-electron chi connectivity index (χ1n) is 5.88. The first-order valence-corrected chi connectivity index (χ1v) is 6.69. The second-order valence-corrected chi connectivity index (χ2v) is 4.88. The van der Waals surface area contributed by atoms with Gasteiger partial charge in [0, 0.05) is 6.54 Å². The molecule has 0 saturated carbocycles. The van der Waals surface area contributed by atoms with Crippen molar-refractivity contribution in [2.24, 2.45) is 4.99 Å². The van der Waals surface area contributed by atoms with Crippen LogP contribution in [-0.2, 0) is 6.54 Å². The minimum absolute atomic E-state index is 0.0986. The van der Waals surface area contributed by atoms with E-state index in [-0.39, 0.29) is 17.3 Å². The minimum Gasteiger partial charge on any atom is -0.494 e. The predicted molar refractivity (Wildman–Crippen MR) is 80.7 cm³/mol. The van der Waals surface area contributed by atoms with Gasteiger partial charge >= 0.3 is 4.87 Å². The summed E-state index contributed by atoms with van der Waals surface area (Å²) in [7, 11) is 1.56. The first kappa shape index (κ1) is 14.1.